The van der Waals surface area contributed by atoms with Gasteiger partial charge in [0.05, 0.1) is 15.6 Å². The fourth-order valence-electron chi connectivity index (χ4n) is 1.63. The molecule has 0 radical (unpaired) electrons. The number of urea groups is 1. The first-order chi connectivity index (χ1) is 10.9. The molecule has 0 aliphatic heterocycles. The zero-order valence-corrected chi connectivity index (χ0v) is 14.0. The Morgan fingerprint density at radius 1 is 1.00 bits per heavy atom. The number of nitrogens with one attached hydrogen (secondary N) is 1. The highest BCUT2D eigenvalue weighted by Crippen LogP contribution is 2.24. The Kier molecular flexibility index (Phi) is 5.47. The number of amides is 2. The second-order valence-corrected chi connectivity index (χ2v) is 5.68. The van der Waals surface area contributed by atoms with Crippen LogP contribution in [0.4, 0.5) is 10.5 Å². The second kappa shape index (κ2) is 7.35. The zero-order chi connectivity index (χ0) is 17.0. The first kappa shape index (κ1) is 17.1. The third-order valence-corrected chi connectivity index (χ3v) is 3.62. The summed E-state index contributed by atoms with van der Waals surface area (Å²) in [5, 5.41) is 3.33. The maximum Gasteiger partial charge on any atom is 0.343 e. The van der Waals surface area contributed by atoms with Gasteiger partial charge in [-0.2, -0.15) is 0 Å². The second-order valence-electron chi connectivity index (χ2n) is 4.87. The van der Waals surface area contributed by atoms with E-state index in [0.29, 0.717) is 22.0 Å². The monoisotopic (exact) mass is 352 g/mol. The van der Waals surface area contributed by atoms with Crippen LogP contribution in [-0.4, -0.2) is 31.0 Å². The molecule has 0 atom stereocenters. The summed E-state index contributed by atoms with van der Waals surface area (Å²) in [4.78, 5) is 25.0. The van der Waals surface area contributed by atoms with Gasteiger partial charge in [0, 0.05) is 19.8 Å². The molecule has 0 saturated carbocycles. The number of carbonyl (C=O) groups excluding carboxylic acids is 2. The highest BCUT2D eigenvalue weighted by molar-refractivity contribution is 6.42. The summed E-state index contributed by atoms with van der Waals surface area (Å²) in [6.07, 6.45) is 0. The van der Waals surface area contributed by atoms with Crippen molar-refractivity contribution in [1.29, 1.82) is 0 Å². The Bertz CT molecular complexity index is 731. The third kappa shape index (κ3) is 4.61. The molecule has 0 saturated heterocycles. The number of hydrogen-bond acceptors (Lipinski definition) is 3. The van der Waals surface area contributed by atoms with Crippen molar-refractivity contribution in [2.24, 2.45) is 0 Å². The topological polar surface area (TPSA) is 58.6 Å². The molecule has 0 unspecified atom stereocenters. The molecule has 23 heavy (non-hydrogen) atoms. The van der Waals surface area contributed by atoms with Crippen LogP contribution in [-0.2, 0) is 0 Å². The maximum atomic E-state index is 12.0. The summed E-state index contributed by atoms with van der Waals surface area (Å²) in [6, 6.07) is 10.7. The molecule has 7 heteroatoms. The molecule has 2 amide bonds. The number of esters is 1. The van der Waals surface area contributed by atoms with Gasteiger partial charge in [-0.3, -0.25) is 0 Å². The summed E-state index contributed by atoms with van der Waals surface area (Å²) in [6.45, 7) is 0. The number of hydrogen-bond donors (Lipinski definition) is 1. The van der Waals surface area contributed by atoms with E-state index in [4.69, 9.17) is 27.9 Å². The van der Waals surface area contributed by atoms with E-state index in [1.54, 1.807) is 38.4 Å². The molecule has 0 aromatic heterocycles. The largest absolute Gasteiger partial charge is 0.423 e. The highest BCUT2D eigenvalue weighted by Gasteiger charge is 2.11. The van der Waals surface area contributed by atoms with Crippen molar-refractivity contribution in [3.8, 4) is 5.75 Å². The molecular weight excluding hydrogens is 339 g/mol. The van der Waals surface area contributed by atoms with Crippen molar-refractivity contribution in [3.63, 3.8) is 0 Å². The van der Waals surface area contributed by atoms with E-state index in [2.05, 4.69) is 5.32 Å². The van der Waals surface area contributed by atoms with E-state index in [1.165, 1.54) is 23.1 Å². The normalized spacial score (nSPS) is 10.1. The van der Waals surface area contributed by atoms with Gasteiger partial charge in [0.1, 0.15) is 5.75 Å². The van der Waals surface area contributed by atoms with Crippen LogP contribution in [0.3, 0.4) is 0 Å². The van der Waals surface area contributed by atoms with Crippen molar-refractivity contribution >= 4 is 40.9 Å². The Hall–Kier alpha value is -2.24. The lowest BCUT2D eigenvalue weighted by molar-refractivity contribution is 0.0734. The predicted molar refractivity (Wildman–Crippen MR) is 90.6 cm³/mol. The molecule has 2 rings (SSSR count). The van der Waals surface area contributed by atoms with Crippen molar-refractivity contribution in [2.75, 3.05) is 19.4 Å². The van der Waals surface area contributed by atoms with Gasteiger partial charge < -0.3 is 15.0 Å². The quantitative estimate of drug-likeness (QED) is 0.661. The van der Waals surface area contributed by atoms with E-state index in [1.807, 2.05) is 0 Å². The Morgan fingerprint density at radius 3 is 2.22 bits per heavy atom. The lowest BCUT2D eigenvalue weighted by Gasteiger charge is -2.12. The highest BCUT2D eigenvalue weighted by atomic mass is 35.5. The summed E-state index contributed by atoms with van der Waals surface area (Å²) < 4.78 is 5.24. The molecule has 1 N–H and O–H groups in total. The molecule has 0 fully saturated rings. The van der Waals surface area contributed by atoms with Crippen LogP contribution in [0.2, 0.25) is 10.0 Å². The lowest BCUT2D eigenvalue weighted by Crippen LogP contribution is -2.27. The molecule has 2 aromatic rings. The molecule has 0 aliphatic rings. The van der Waals surface area contributed by atoms with Crippen LogP contribution in [0, 0.1) is 0 Å². The fourth-order valence-corrected chi connectivity index (χ4v) is 1.93. The number of rotatable bonds is 3. The van der Waals surface area contributed by atoms with E-state index in [0.717, 1.165) is 0 Å². The molecule has 0 heterocycles. The maximum absolute atomic E-state index is 12.0. The molecule has 2 aromatic carbocycles. The number of benzene rings is 2. The Labute approximate surface area is 143 Å². The van der Waals surface area contributed by atoms with Crippen molar-refractivity contribution in [3.05, 3.63) is 58.1 Å². The first-order valence-electron chi connectivity index (χ1n) is 6.62. The summed E-state index contributed by atoms with van der Waals surface area (Å²) in [7, 11) is 3.28. The first-order valence-corrected chi connectivity index (χ1v) is 7.38. The zero-order valence-electron chi connectivity index (χ0n) is 12.5. The number of carbonyl (C=O) groups is 2. The number of anilines is 1. The average molecular weight is 353 g/mol. The van der Waals surface area contributed by atoms with Gasteiger partial charge >= 0.3 is 12.0 Å². The van der Waals surface area contributed by atoms with E-state index in [-0.39, 0.29) is 11.1 Å². The minimum Gasteiger partial charge on any atom is -0.423 e. The van der Waals surface area contributed by atoms with Gasteiger partial charge in [-0.25, -0.2) is 9.59 Å². The van der Waals surface area contributed by atoms with E-state index in [9.17, 15) is 9.59 Å². The SMILES string of the molecule is CN(C)C(=O)Nc1ccc(OC(=O)c2ccc(Cl)c(Cl)c2)cc1. The summed E-state index contributed by atoms with van der Waals surface area (Å²) >= 11 is 11.7. The van der Waals surface area contributed by atoms with Gasteiger partial charge in [0.25, 0.3) is 0 Å². The van der Waals surface area contributed by atoms with Crippen LogP contribution in [0.5, 0.6) is 5.75 Å². The van der Waals surface area contributed by atoms with Crippen LogP contribution in [0.25, 0.3) is 0 Å². The van der Waals surface area contributed by atoms with Gasteiger partial charge in [-0.1, -0.05) is 23.2 Å². The molecule has 0 spiro atoms. The van der Waals surface area contributed by atoms with Crippen LogP contribution in [0.15, 0.2) is 42.5 Å². The van der Waals surface area contributed by atoms with E-state index >= 15 is 0 Å². The average Bonchev–Trinajstić information content (AvgIpc) is 2.51. The number of ether oxygens (including phenoxy) is 1. The molecule has 5 nitrogen and oxygen atoms in total. The standard InChI is InChI=1S/C16H14Cl2N2O3/c1-20(2)16(22)19-11-4-6-12(7-5-11)23-15(21)10-3-8-13(17)14(18)9-10/h3-9H,1-2H3,(H,19,22). The third-order valence-electron chi connectivity index (χ3n) is 2.88. The number of halogens is 2. The number of nitrogens with zero attached hydrogens (tertiary/aromatic N) is 1. The van der Waals surface area contributed by atoms with Crippen LogP contribution in [0.1, 0.15) is 10.4 Å². The molecule has 0 bridgehead atoms. The van der Waals surface area contributed by atoms with Gasteiger partial charge in [0.15, 0.2) is 0 Å². The van der Waals surface area contributed by atoms with Crippen LogP contribution >= 0.6 is 23.2 Å². The molecule has 0 aliphatic carbocycles. The Balaban J connectivity index is 2.04. The van der Waals surface area contributed by atoms with Gasteiger partial charge in [-0.15, -0.1) is 0 Å². The van der Waals surface area contributed by atoms with Crippen molar-refractivity contribution in [1.82, 2.24) is 4.90 Å². The van der Waals surface area contributed by atoms with Crippen molar-refractivity contribution < 1.29 is 14.3 Å². The molecular formula is C16H14Cl2N2O3. The Morgan fingerprint density at radius 2 is 1.65 bits per heavy atom. The summed E-state index contributed by atoms with van der Waals surface area (Å²) in [5.74, 6) is -0.197. The molecule has 120 valence electrons. The summed E-state index contributed by atoms with van der Waals surface area (Å²) in [5.41, 5.74) is 0.891. The smallest absolute Gasteiger partial charge is 0.343 e. The fraction of sp³-hybridized carbons (Fsp3) is 0.125. The minimum atomic E-state index is -0.548. The predicted octanol–water partition coefficient (Wildman–Crippen LogP) is 4.31. The van der Waals surface area contributed by atoms with Gasteiger partial charge in [-0.05, 0) is 42.5 Å². The van der Waals surface area contributed by atoms with Crippen LogP contribution < -0.4 is 10.1 Å². The lowest BCUT2D eigenvalue weighted by atomic mass is 10.2. The van der Waals surface area contributed by atoms with Crippen molar-refractivity contribution in [2.45, 2.75) is 0 Å². The van der Waals surface area contributed by atoms with Gasteiger partial charge in [0.2, 0.25) is 0 Å². The minimum absolute atomic E-state index is 0.245. The van der Waals surface area contributed by atoms with E-state index < -0.39 is 5.97 Å².